The molecule has 0 N–H and O–H groups in total. The molecule has 0 aliphatic carbocycles. The second kappa shape index (κ2) is 5.79. The van der Waals surface area contributed by atoms with E-state index < -0.39 is 0 Å². The first-order valence-corrected chi connectivity index (χ1v) is 6.11. The molecule has 2 heterocycles. The minimum absolute atomic E-state index is 0.649. The normalized spacial score (nSPS) is 12.1. The first-order chi connectivity index (χ1) is 9.13. The number of fused-ring (bicyclic) bond motifs is 1. The maximum absolute atomic E-state index is 5.09. The molecule has 0 atom stereocenters. The van der Waals surface area contributed by atoms with E-state index >= 15 is 0 Å². The van der Waals surface area contributed by atoms with Gasteiger partial charge in [0.05, 0.1) is 12.9 Å². The van der Waals surface area contributed by atoms with Gasteiger partial charge in [-0.15, -0.1) is 0 Å². The Bertz CT molecular complexity index is 590. The Morgan fingerprint density at radius 1 is 1.42 bits per heavy atom. The van der Waals surface area contributed by atoms with Crippen LogP contribution >= 0.6 is 0 Å². The van der Waals surface area contributed by atoms with Crippen molar-refractivity contribution >= 4 is 17.0 Å². The van der Waals surface area contributed by atoms with Crippen molar-refractivity contribution in [2.75, 3.05) is 32.2 Å². The maximum Gasteiger partial charge on any atom is 0.165 e. The Morgan fingerprint density at radius 3 is 2.95 bits per heavy atom. The Hall–Kier alpha value is -1.95. The quantitative estimate of drug-likeness (QED) is 0.761. The van der Waals surface area contributed by atoms with Crippen LogP contribution < -0.4 is 4.90 Å². The molecular formula is C13H19N5O. The van der Waals surface area contributed by atoms with E-state index in [1.807, 2.05) is 25.6 Å². The molecule has 0 aromatic carbocycles. The van der Waals surface area contributed by atoms with Crippen molar-refractivity contribution in [2.45, 2.75) is 6.92 Å². The number of hydrogen-bond acceptors (Lipinski definition) is 5. The first-order valence-electron chi connectivity index (χ1n) is 6.11. The van der Waals surface area contributed by atoms with Gasteiger partial charge in [0, 0.05) is 27.7 Å². The predicted molar refractivity (Wildman–Crippen MR) is 75.2 cm³/mol. The number of methoxy groups -OCH3 is 1. The Kier molecular flexibility index (Phi) is 4.11. The third-order valence-electron chi connectivity index (χ3n) is 2.92. The zero-order valence-electron chi connectivity index (χ0n) is 11.8. The van der Waals surface area contributed by atoms with Crippen molar-refractivity contribution in [3.8, 4) is 0 Å². The highest BCUT2D eigenvalue weighted by molar-refractivity contribution is 5.83. The number of imidazole rings is 1. The fraction of sp³-hybridized carbons (Fsp3) is 0.462. The molecule has 0 radical (unpaired) electrons. The second-order valence-corrected chi connectivity index (χ2v) is 4.59. The van der Waals surface area contributed by atoms with Crippen LogP contribution in [0.15, 0.2) is 24.3 Å². The van der Waals surface area contributed by atoms with Gasteiger partial charge in [-0.1, -0.05) is 11.6 Å². The number of rotatable bonds is 5. The number of likely N-dealkylation sites (N-methyl/N-ethyl adjacent to an activating group) is 1. The molecule has 0 bridgehead atoms. The van der Waals surface area contributed by atoms with Gasteiger partial charge in [-0.05, 0) is 6.92 Å². The van der Waals surface area contributed by atoms with Crippen LogP contribution in [0.25, 0.3) is 11.2 Å². The van der Waals surface area contributed by atoms with Crippen molar-refractivity contribution in [1.82, 2.24) is 19.5 Å². The Labute approximate surface area is 112 Å². The molecule has 2 aromatic rings. The summed E-state index contributed by atoms with van der Waals surface area (Å²) in [4.78, 5) is 15.0. The zero-order valence-corrected chi connectivity index (χ0v) is 11.8. The summed E-state index contributed by atoms with van der Waals surface area (Å²) in [6.45, 7) is 3.46. The summed E-state index contributed by atoms with van der Waals surface area (Å²) in [6.07, 6.45) is 5.45. The van der Waals surface area contributed by atoms with Crippen molar-refractivity contribution in [3.05, 3.63) is 24.3 Å². The van der Waals surface area contributed by atoms with Crippen molar-refractivity contribution in [3.63, 3.8) is 0 Å². The third kappa shape index (κ3) is 2.90. The van der Waals surface area contributed by atoms with Crippen LogP contribution in [-0.4, -0.2) is 46.8 Å². The number of anilines is 1. The monoisotopic (exact) mass is 261 g/mol. The lowest BCUT2D eigenvalue weighted by molar-refractivity contribution is 0.225. The van der Waals surface area contributed by atoms with Crippen LogP contribution in [0.2, 0.25) is 0 Å². The molecule has 0 saturated carbocycles. The first kappa shape index (κ1) is 13.5. The number of hydrogen-bond donors (Lipinski definition) is 0. The van der Waals surface area contributed by atoms with Crippen LogP contribution in [0.5, 0.6) is 0 Å². The smallest absolute Gasteiger partial charge is 0.165 e. The molecule has 0 fully saturated rings. The summed E-state index contributed by atoms with van der Waals surface area (Å²) >= 11 is 0. The summed E-state index contributed by atoms with van der Waals surface area (Å²) in [5, 5.41) is 0. The van der Waals surface area contributed by atoms with E-state index in [4.69, 9.17) is 4.74 Å². The Balaban J connectivity index is 2.22. The van der Waals surface area contributed by atoms with Gasteiger partial charge in [0.15, 0.2) is 17.0 Å². The third-order valence-corrected chi connectivity index (χ3v) is 2.92. The summed E-state index contributed by atoms with van der Waals surface area (Å²) in [5.74, 6) is 0.840. The van der Waals surface area contributed by atoms with Crippen molar-refractivity contribution in [2.24, 2.45) is 7.05 Å². The zero-order chi connectivity index (χ0) is 13.8. The SMILES string of the molecule is COC/C(C)=C\CN(C)c1ncnc2c1ncn2C. The van der Waals surface area contributed by atoms with Gasteiger partial charge in [-0.2, -0.15) is 0 Å². The molecule has 0 saturated heterocycles. The van der Waals surface area contributed by atoms with E-state index in [2.05, 4.69) is 25.9 Å². The summed E-state index contributed by atoms with van der Waals surface area (Å²) in [7, 11) is 5.62. The van der Waals surface area contributed by atoms with Crippen LogP contribution in [0, 0.1) is 0 Å². The topological polar surface area (TPSA) is 56.1 Å². The fourth-order valence-corrected chi connectivity index (χ4v) is 1.88. The number of nitrogens with zero attached hydrogens (tertiary/aromatic N) is 5. The molecule has 2 rings (SSSR count). The van der Waals surface area contributed by atoms with Crippen LogP contribution in [-0.2, 0) is 11.8 Å². The van der Waals surface area contributed by atoms with Gasteiger partial charge in [-0.25, -0.2) is 15.0 Å². The van der Waals surface area contributed by atoms with Crippen LogP contribution in [0.3, 0.4) is 0 Å². The summed E-state index contributed by atoms with van der Waals surface area (Å²) in [6, 6.07) is 0. The number of ether oxygens (including phenoxy) is 1. The minimum atomic E-state index is 0.649. The lowest BCUT2D eigenvalue weighted by Crippen LogP contribution is -2.19. The molecule has 2 aromatic heterocycles. The van der Waals surface area contributed by atoms with E-state index in [0.717, 1.165) is 23.5 Å². The molecule has 6 heteroatoms. The number of aryl methyl sites for hydroxylation is 1. The molecule has 0 aliphatic rings. The minimum Gasteiger partial charge on any atom is -0.380 e. The van der Waals surface area contributed by atoms with Crippen LogP contribution in [0.1, 0.15) is 6.92 Å². The molecule has 0 unspecified atom stereocenters. The molecule has 102 valence electrons. The predicted octanol–water partition coefficient (Wildman–Crippen LogP) is 1.39. The van der Waals surface area contributed by atoms with Gasteiger partial charge < -0.3 is 14.2 Å². The van der Waals surface area contributed by atoms with Gasteiger partial charge in [0.25, 0.3) is 0 Å². The van der Waals surface area contributed by atoms with E-state index in [1.165, 1.54) is 5.57 Å². The summed E-state index contributed by atoms with van der Waals surface area (Å²) < 4.78 is 6.98. The van der Waals surface area contributed by atoms with Gasteiger partial charge in [0.1, 0.15) is 6.33 Å². The van der Waals surface area contributed by atoms with E-state index in [9.17, 15) is 0 Å². The lowest BCUT2D eigenvalue weighted by Gasteiger charge is -2.16. The largest absolute Gasteiger partial charge is 0.380 e. The second-order valence-electron chi connectivity index (χ2n) is 4.59. The molecule has 19 heavy (non-hydrogen) atoms. The van der Waals surface area contributed by atoms with E-state index in [0.29, 0.717) is 6.61 Å². The van der Waals surface area contributed by atoms with E-state index in [1.54, 1.807) is 19.8 Å². The molecule has 6 nitrogen and oxygen atoms in total. The number of aromatic nitrogens is 4. The fourth-order valence-electron chi connectivity index (χ4n) is 1.88. The average molecular weight is 261 g/mol. The Morgan fingerprint density at radius 2 is 2.21 bits per heavy atom. The molecule has 0 aliphatic heterocycles. The highest BCUT2D eigenvalue weighted by Gasteiger charge is 2.11. The molecular weight excluding hydrogens is 242 g/mol. The highest BCUT2D eigenvalue weighted by Crippen LogP contribution is 2.19. The van der Waals surface area contributed by atoms with Crippen LogP contribution in [0.4, 0.5) is 5.82 Å². The standard InChI is InChI=1S/C13H19N5O/c1-10(7-19-4)5-6-17(2)12-11-13(15-8-14-12)18(3)9-16-11/h5,8-9H,6-7H2,1-4H3/b10-5-. The average Bonchev–Trinajstić information content (AvgIpc) is 2.78. The lowest BCUT2D eigenvalue weighted by atomic mass is 10.3. The summed E-state index contributed by atoms with van der Waals surface area (Å²) in [5.41, 5.74) is 2.86. The van der Waals surface area contributed by atoms with Crippen molar-refractivity contribution < 1.29 is 4.74 Å². The molecule has 0 spiro atoms. The van der Waals surface area contributed by atoms with Gasteiger partial charge in [-0.3, -0.25) is 0 Å². The van der Waals surface area contributed by atoms with E-state index in [-0.39, 0.29) is 0 Å². The maximum atomic E-state index is 5.09. The molecule has 0 amide bonds. The van der Waals surface area contributed by atoms with Crippen molar-refractivity contribution in [1.29, 1.82) is 0 Å². The van der Waals surface area contributed by atoms with Gasteiger partial charge >= 0.3 is 0 Å². The van der Waals surface area contributed by atoms with Gasteiger partial charge in [0.2, 0.25) is 0 Å². The highest BCUT2D eigenvalue weighted by atomic mass is 16.5.